The Hall–Kier alpha value is -2.62. The van der Waals surface area contributed by atoms with Gasteiger partial charge in [-0.25, -0.2) is 0 Å². The van der Waals surface area contributed by atoms with Gasteiger partial charge in [0.05, 0.1) is 13.5 Å². The van der Waals surface area contributed by atoms with Crippen LogP contribution < -0.4 is 0 Å². The molecule has 0 spiro atoms. The van der Waals surface area contributed by atoms with Crippen molar-refractivity contribution in [2.45, 2.75) is 13.0 Å². The number of ether oxygens (including phenoxy) is 1. The number of hydrogen-bond donors (Lipinski definition) is 0. The molecule has 1 aromatic heterocycles. The van der Waals surface area contributed by atoms with E-state index < -0.39 is 0 Å². The molecule has 0 fully saturated rings. The van der Waals surface area contributed by atoms with Crippen LogP contribution in [0.2, 0.25) is 0 Å². The van der Waals surface area contributed by atoms with Gasteiger partial charge in [-0.2, -0.15) is 0 Å². The summed E-state index contributed by atoms with van der Waals surface area (Å²) in [6.07, 6.45) is 1.17. The van der Waals surface area contributed by atoms with Crippen molar-refractivity contribution in [3.05, 3.63) is 48.0 Å². The molecular weight excluding hydrogens is 266 g/mol. The van der Waals surface area contributed by atoms with Gasteiger partial charge < -0.3 is 9.30 Å². The van der Waals surface area contributed by atoms with Crippen molar-refractivity contribution in [3.8, 4) is 0 Å². The summed E-state index contributed by atoms with van der Waals surface area (Å²) in [5, 5.41) is 2.11. The first-order chi connectivity index (χ1) is 10.2. The van der Waals surface area contributed by atoms with E-state index >= 15 is 0 Å². The molecule has 4 heteroatoms. The molecule has 0 saturated heterocycles. The molecule has 0 aliphatic carbocycles. The molecule has 4 nitrogen and oxygen atoms in total. The molecule has 3 aromatic rings. The van der Waals surface area contributed by atoms with E-state index in [1.54, 1.807) is 6.07 Å². The molecule has 0 aliphatic rings. The molecule has 0 bridgehead atoms. The van der Waals surface area contributed by atoms with Crippen LogP contribution in [0.3, 0.4) is 0 Å². The molecule has 0 N–H and O–H groups in total. The van der Waals surface area contributed by atoms with Crippen molar-refractivity contribution < 1.29 is 14.3 Å². The normalized spacial score (nSPS) is 10.9. The van der Waals surface area contributed by atoms with Crippen LogP contribution in [-0.2, 0) is 16.1 Å². The van der Waals surface area contributed by atoms with Crippen LogP contribution in [0.1, 0.15) is 16.8 Å². The van der Waals surface area contributed by atoms with E-state index in [1.165, 1.54) is 7.11 Å². The molecule has 106 valence electrons. The van der Waals surface area contributed by atoms with Crippen LogP contribution in [0.5, 0.6) is 0 Å². The molecule has 0 radical (unpaired) electrons. The van der Waals surface area contributed by atoms with E-state index in [9.17, 15) is 9.59 Å². The Morgan fingerprint density at radius 2 is 1.90 bits per heavy atom. The minimum atomic E-state index is -0.231. The molecule has 1 heterocycles. The summed E-state index contributed by atoms with van der Waals surface area (Å²) >= 11 is 0. The Kier molecular flexibility index (Phi) is 3.44. The third-order valence-electron chi connectivity index (χ3n) is 3.70. The van der Waals surface area contributed by atoms with Crippen LogP contribution >= 0.6 is 0 Å². The number of para-hydroxylation sites is 1. The van der Waals surface area contributed by atoms with Crippen LogP contribution in [0.25, 0.3) is 21.8 Å². The lowest BCUT2D eigenvalue weighted by atomic mass is 10.1. The molecular formula is C17H15NO3. The Morgan fingerprint density at radius 3 is 2.67 bits per heavy atom. The number of hydrogen-bond acceptors (Lipinski definition) is 3. The van der Waals surface area contributed by atoms with Crippen molar-refractivity contribution in [1.82, 2.24) is 4.57 Å². The summed E-state index contributed by atoms with van der Waals surface area (Å²) in [5.74, 6) is -0.231. The Labute approximate surface area is 121 Å². The van der Waals surface area contributed by atoms with Gasteiger partial charge in [0.15, 0.2) is 0 Å². The number of nitrogens with zero attached hydrogens (tertiary/aromatic N) is 1. The minimum Gasteiger partial charge on any atom is -0.469 e. The molecule has 0 unspecified atom stereocenters. The second-order valence-electron chi connectivity index (χ2n) is 4.89. The Morgan fingerprint density at radius 1 is 1.14 bits per heavy atom. The van der Waals surface area contributed by atoms with Crippen LogP contribution in [0.4, 0.5) is 0 Å². The topological polar surface area (TPSA) is 48.3 Å². The highest BCUT2D eigenvalue weighted by Gasteiger charge is 2.12. The molecule has 0 amide bonds. The van der Waals surface area contributed by atoms with Crippen LogP contribution in [0.15, 0.2) is 42.5 Å². The van der Waals surface area contributed by atoms with E-state index in [1.807, 2.05) is 36.4 Å². The summed E-state index contributed by atoms with van der Waals surface area (Å²) in [6, 6.07) is 13.6. The zero-order chi connectivity index (χ0) is 14.8. The van der Waals surface area contributed by atoms with E-state index in [0.29, 0.717) is 18.5 Å². The van der Waals surface area contributed by atoms with Crippen molar-refractivity contribution in [2.24, 2.45) is 0 Å². The average Bonchev–Trinajstić information content (AvgIpc) is 2.85. The predicted molar refractivity (Wildman–Crippen MR) is 81.5 cm³/mol. The first-order valence-electron chi connectivity index (χ1n) is 6.77. The zero-order valence-electron chi connectivity index (χ0n) is 11.7. The Balaban J connectivity index is 2.20. The third kappa shape index (κ3) is 2.29. The lowest BCUT2D eigenvalue weighted by molar-refractivity contribution is -0.140. The Bertz CT molecular complexity index is 833. The molecule has 0 atom stereocenters. The number of aryl methyl sites for hydroxylation is 1. The van der Waals surface area contributed by atoms with E-state index in [0.717, 1.165) is 28.1 Å². The fraction of sp³-hybridized carbons (Fsp3) is 0.176. The van der Waals surface area contributed by atoms with Crippen molar-refractivity contribution in [2.75, 3.05) is 7.11 Å². The standard InChI is InChI=1S/C17H15NO3/c1-21-17(20)8-9-18-15-5-3-2-4-13(15)14-10-12(11-19)6-7-16(14)18/h2-7,10-11H,8-9H2,1H3. The number of esters is 1. The lowest BCUT2D eigenvalue weighted by Crippen LogP contribution is -2.06. The van der Waals surface area contributed by atoms with Gasteiger partial charge in [-0.15, -0.1) is 0 Å². The third-order valence-corrected chi connectivity index (χ3v) is 3.70. The second kappa shape index (κ2) is 5.40. The van der Waals surface area contributed by atoms with Crippen molar-refractivity contribution in [3.63, 3.8) is 0 Å². The van der Waals surface area contributed by atoms with Gasteiger partial charge in [-0.3, -0.25) is 9.59 Å². The first kappa shape index (κ1) is 13.4. The highest BCUT2D eigenvalue weighted by molar-refractivity contribution is 6.09. The largest absolute Gasteiger partial charge is 0.469 e. The maximum atomic E-state index is 11.4. The minimum absolute atomic E-state index is 0.231. The van der Waals surface area contributed by atoms with Gasteiger partial charge in [-0.05, 0) is 24.3 Å². The summed E-state index contributed by atoms with van der Waals surface area (Å²) in [7, 11) is 1.39. The van der Waals surface area contributed by atoms with E-state index in [-0.39, 0.29) is 5.97 Å². The van der Waals surface area contributed by atoms with Gasteiger partial charge in [-0.1, -0.05) is 18.2 Å². The van der Waals surface area contributed by atoms with Crippen molar-refractivity contribution in [1.29, 1.82) is 0 Å². The molecule has 2 aromatic carbocycles. The number of benzene rings is 2. The van der Waals surface area contributed by atoms with Gasteiger partial charge in [0.1, 0.15) is 6.29 Å². The smallest absolute Gasteiger partial charge is 0.307 e. The van der Waals surface area contributed by atoms with Gasteiger partial charge >= 0.3 is 5.97 Å². The number of methoxy groups -OCH3 is 1. The number of fused-ring (bicyclic) bond motifs is 3. The zero-order valence-corrected chi connectivity index (χ0v) is 11.7. The maximum Gasteiger partial charge on any atom is 0.307 e. The molecule has 0 saturated carbocycles. The van der Waals surface area contributed by atoms with Gasteiger partial charge in [0, 0.05) is 33.9 Å². The van der Waals surface area contributed by atoms with Crippen LogP contribution in [0, 0.1) is 0 Å². The SMILES string of the molecule is COC(=O)CCn1c2ccccc2c2cc(C=O)ccc21. The highest BCUT2D eigenvalue weighted by atomic mass is 16.5. The molecule has 0 aliphatic heterocycles. The number of aromatic nitrogens is 1. The summed E-state index contributed by atoms with van der Waals surface area (Å²) in [5.41, 5.74) is 2.73. The summed E-state index contributed by atoms with van der Waals surface area (Å²) in [4.78, 5) is 22.4. The number of carbonyl (C=O) groups is 2. The van der Waals surface area contributed by atoms with E-state index in [2.05, 4.69) is 4.57 Å². The molecule has 3 rings (SSSR count). The number of carbonyl (C=O) groups excluding carboxylic acids is 2. The quantitative estimate of drug-likeness (QED) is 0.545. The van der Waals surface area contributed by atoms with Crippen LogP contribution in [-0.4, -0.2) is 23.9 Å². The lowest BCUT2D eigenvalue weighted by Gasteiger charge is -2.06. The van der Waals surface area contributed by atoms with E-state index in [4.69, 9.17) is 4.74 Å². The predicted octanol–water partition coefficient (Wildman–Crippen LogP) is 3.17. The fourth-order valence-corrected chi connectivity index (χ4v) is 2.69. The molecule has 21 heavy (non-hydrogen) atoms. The highest BCUT2D eigenvalue weighted by Crippen LogP contribution is 2.29. The van der Waals surface area contributed by atoms with Crippen molar-refractivity contribution >= 4 is 34.1 Å². The van der Waals surface area contributed by atoms with Gasteiger partial charge in [0.25, 0.3) is 0 Å². The fourth-order valence-electron chi connectivity index (χ4n) is 2.69. The average molecular weight is 281 g/mol. The number of rotatable bonds is 4. The van der Waals surface area contributed by atoms with Gasteiger partial charge in [0.2, 0.25) is 0 Å². The summed E-state index contributed by atoms with van der Waals surface area (Å²) in [6.45, 7) is 0.553. The first-order valence-corrected chi connectivity index (χ1v) is 6.77. The maximum absolute atomic E-state index is 11.4. The number of aldehydes is 1. The summed E-state index contributed by atoms with van der Waals surface area (Å²) < 4.78 is 6.80. The second-order valence-corrected chi connectivity index (χ2v) is 4.89. The monoisotopic (exact) mass is 281 g/mol.